The summed E-state index contributed by atoms with van der Waals surface area (Å²) in [6, 6.07) is 0. The zero-order valence-electron chi connectivity index (χ0n) is 4.04. The summed E-state index contributed by atoms with van der Waals surface area (Å²) < 4.78 is 23.0. The molecule has 0 fully saturated rings. The third-order valence-corrected chi connectivity index (χ3v) is 0.356. The van der Waals surface area contributed by atoms with Crippen LogP contribution in [0.5, 0.6) is 0 Å². The summed E-state index contributed by atoms with van der Waals surface area (Å²) >= 11 is 0. The molecule has 0 heterocycles. The van der Waals surface area contributed by atoms with Crippen LogP contribution in [0, 0.1) is 0 Å². The minimum absolute atomic E-state index is 0.562. The fourth-order valence-electron chi connectivity index (χ4n) is 0.216. The van der Waals surface area contributed by atoms with Gasteiger partial charge in [-0.2, -0.15) is 0 Å². The van der Waals surface area contributed by atoms with E-state index in [1.165, 1.54) is 0 Å². The zero-order valence-corrected chi connectivity index (χ0v) is 4.04. The van der Waals surface area contributed by atoms with Crippen LogP contribution in [0.4, 0.5) is 8.78 Å². The quantitative estimate of drug-likeness (QED) is 0.448. The molecule has 0 unspecified atom stereocenters. The maximum Gasteiger partial charge on any atom is 0.118 e. The van der Waals surface area contributed by atoms with Crippen LogP contribution in [0.15, 0.2) is 24.3 Å². The average Bonchev–Trinajstić information content (AvgIpc) is 1.27. The van der Waals surface area contributed by atoms with Crippen LogP contribution >= 0.6 is 0 Å². The van der Waals surface area contributed by atoms with Gasteiger partial charge in [-0.05, 0) is 6.92 Å². The van der Waals surface area contributed by atoms with E-state index in [2.05, 4.69) is 6.58 Å². The molecule has 0 aliphatic rings. The summed E-state index contributed by atoms with van der Waals surface area (Å²) in [6.45, 7) is 3.97. The van der Waals surface area contributed by atoms with Crippen LogP contribution in [0.3, 0.4) is 0 Å². The molecular formula is C5H6F2. The van der Waals surface area contributed by atoms with E-state index in [0.29, 0.717) is 0 Å². The largest absolute Gasteiger partial charge is 0.212 e. The van der Waals surface area contributed by atoms with Gasteiger partial charge in [0.2, 0.25) is 0 Å². The van der Waals surface area contributed by atoms with E-state index < -0.39 is 11.7 Å². The number of rotatable bonds is 1. The summed E-state index contributed by atoms with van der Waals surface area (Å²) in [4.78, 5) is 0. The van der Waals surface area contributed by atoms with Crippen LogP contribution in [0.1, 0.15) is 6.92 Å². The van der Waals surface area contributed by atoms with Crippen molar-refractivity contribution in [2.75, 3.05) is 0 Å². The van der Waals surface area contributed by atoms with Gasteiger partial charge in [-0.25, -0.2) is 8.78 Å². The van der Waals surface area contributed by atoms with Crippen molar-refractivity contribution in [3.05, 3.63) is 24.3 Å². The van der Waals surface area contributed by atoms with Crippen LogP contribution in [0.25, 0.3) is 0 Å². The highest BCUT2D eigenvalue weighted by atomic mass is 19.1. The zero-order chi connectivity index (χ0) is 5.86. The Morgan fingerprint density at radius 2 is 2.00 bits per heavy atom. The Hall–Kier alpha value is -0.660. The monoisotopic (exact) mass is 104 g/mol. The van der Waals surface area contributed by atoms with E-state index in [9.17, 15) is 8.78 Å². The van der Waals surface area contributed by atoms with Crippen molar-refractivity contribution in [2.24, 2.45) is 0 Å². The second-order valence-electron chi connectivity index (χ2n) is 1.18. The first-order chi connectivity index (χ1) is 3.13. The summed E-state index contributed by atoms with van der Waals surface area (Å²) in [5.74, 6) is -1.31. The Labute approximate surface area is 41.2 Å². The van der Waals surface area contributed by atoms with Gasteiger partial charge in [-0.3, -0.25) is 0 Å². The lowest BCUT2D eigenvalue weighted by Gasteiger charge is -1.78. The maximum atomic E-state index is 11.5. The Morgan fingerprint density at radius 3 is 2.00 bits per heavy atom. The summed E-state index contributed by atoms with van der Waals surface area (Å²) in [6.07, 6.45) is 0.722. The van der Waals surface area contributed by atoms with Crippen molar-refractivity contribution in [1.82, 2.24) is 0 Å². The molecule has 0 saturated heterocycles. The normalized spacial score (nSPS) is 11.6. The lowest BCUT2D eigenvalue weighted by atomic mass is 10.5. The summed E-state index contributed by atoms with van der Waals surface area (Å²) in [5.41, 5.74) is 0. The topological polar surface area (TPSA) is 0 Å². The number of halogens is 2. The van der Waals surface area contributed by atoms with Crippen molar-refractivity contribution < 1.29 is 8.78 Å². The first kappa shape index (κ1) is 6.34. The predicted molar refractivity (Wildman–Crippen MR) is 25.1 cm³/mol. The molecule has 0 nitrogen and oxygen atoms in total. The van der Waals surface area contributed by atoms with E-state index in [-0.39, 0.29) is 0 Å². The Balaban J connectivity index is 3.68. The van der Waals surface area contributed by atoms with Crippen LogP contribution in [-0.2, 0) is 0 Å². The highest BCUT2D eigenvalue weighted by molar-refractivity contribution is 5.07. The number of allylic oxidation sites excluding steroid dienone is 3. The number of hydrogen-bond donors (Lipinski definition) is 0. The molecule has 0 saturated carbocycles. The van der Waals surface area contributed by atoms with Crippen molar-refractivity contribution in [1.29, 1.82) is 0 Å². The molecule has 0 aromatic rings. The van der Waals surface area contributed by atoms with Crippen LogP contribution in [-0.4, -0.2) is 0 Å². The Bertz CT molecular complexity index is 98.6. The smallest absolute Gasteiger partial charge is 0.118 e. The van der Waals surface area contributed by atoms with E-state index in [1.807, 2.05) is 0 Å². The van der Waals surface area contributed by atoms with Gasteiger partial charge in [0, 0.05) is 6.08 Å². The summed E-state index contributed by atoms with van der Waals surface area (Å²) in [5, 5.41) is 0. The van der Waals surface area contributed by atoms with Crippen molar-refractivity contribution in [2.45, 2.75) is 6.92 Å². The molecule has 0 aliphatic carbocycles. The molecule has 0 spiro atoms. The molecule has 7 heavy (non-hydrogen) atoms. The lowest BCUT2D eigenvalue weighted by Crippen LogP contribution is -1.60. The van der Waals surface area contributed by atoms with Gasteiger partial charge in [0.05, 0.1) is 5.83 Å². The Kier molecular flexibility index (Phi) is 2.27. The third kappa shape index (κ3) is 5.34. The average molecular weight is 104 g/mol. The maximum absolute atomic E-state index is 11.5. The SMILES string of the molecule is C=C(F)/C=C(/C)F. The molecule has 40 valence electrons. The lowest BCUT2D eigenvalue weighted by molar-refractivity contribution is 0.616. The van der Waals surface area contributed by atoms with Gasteiger partial charge in [-0.15, -0.1) is 0 Å². The fourth-order valence-corrected chi connectivity index (χ4v) is 0.216. The van der Waals surface area contributed by atoms with Gasteiger partial charge < -0.3 is 0 Å². The van der Waals surface area contributed by atoms with Crippen LogP contribution < -0.4 is 0 Å². The van der Waals surface area contributed by atoms with Crippen LogP contribution in [0.2, 0.25) is 0 Å². The van der Waals surface area contributed by atoms with E-state index in [4.69, 9.17) is 0 Å². The third-order valence-electron chi connectivity index (χ3n) is 0.356. The van der Waals surface area contributed by atoms with Gasteiger partial charge >= 0.3 is 0 Å². The highest BCUT2D eigenvalue weighted by Gasteiger charge is 1.82. The van der Waals surface area contributed by atoms with E-state index in [0.717, 1.165) is 13.0 Å². The number of hydrogen-bond acceptors (Lipinski definition) is 0. The molecule has 0 amide bonds. The molecule has 0 bridgehead atoms. The van der Waals surface area contributed by atoms with Crippen molar-refractivity contribution in [3.8, 4) is 0 Å². The summed E-state index contributed by atoms with van der Waals surface area (Å²) in [7, 11) is 0. The first-order valence-corrected chi connectivity index (χ1v) is 1.81. The van der Waals surface area contributed by atoms with Gasteiger partial charge in [0.15, 0.2) is 0 Å². The van der Waals surface area contributed by atoms with Crippen molar-refractivity contribution >= 4 is 0 Å². The molecule has 0 rings (SSSR count). The molecule has 0 atom stereocenters. The van der Waals surface area contributed by atoms with Crippen molar-refractivity contribution in [3.63, 3.8) is 0 Å². The minimum atomic E-state index is -0.750. The molecule has 0 aromatic carbocycles. The van der Waals surface area contributed by atoms with Gasteiger partial charge in [0.1, 0.15) is 5.83 Å². The van der Waals surface area contributed by atoms with E-state index in [1.54, 1.807) is 0 Å². The molecular weight excluding hydrogens is 98.1 g/mol. The second kappa shape index (κ2) is 2.50. The Morgan fingerprint density at radius 1 is 1.57 bits per heavy atom. The second-order valence-corrected chi connectivity index (χ2v) is 1.18. The minimum Gasteiger partial charge on any atom is -0.212 e. The standard InChI is InChI=1S/C5H6F2/c1-4(6)3-5(2)7/h3H,1H2,2H3/b5-3-. The first-order valence-electron chi connectivity index (χ1n) is 1.81. The van der Waals surface area contributed by atoms with E-state index >= 15 is 0 Å². The molecule has 2 heteroatoms. The highest BCUT2D eigenvalue weighted by Crippen LogP contribution is 2.00. The molecule has 0 aliphatic heterocycles. The molecule has 0 N–H and O–H groups in total. The molecule has 0 radical (unpaired) electrons. The predicted octanol–water partition coefficient (Wildman–Crippen LogP) is 2.34. The van der Waals surface area contributed by atoms with Gasteiger partial charge in [-0.1, -0.05) is 6.58 Å². The fraction of sp³-hybridized carbons (Fsp3) is 0.200. The van der Waals surface area contributed by atoms with Gasteiger partial charge in [0.25, 0.3) is 0 Å². The molecule has 0 aromatic heterocycles.